The van der Waals surface area contributed by atoms with Gasteiger partial charge in [-0.1, -0.05) is 81.9 Å². The lowest BCUT2D eigenvalue weighted by molar-refractivity contribution is -0.118. The monoisotopic (exact) mass is 705 g/mol. The number of anilines is 1. The SMILES string of the molecule is CC(C)c1cccc(C(C)C)c1NC(=O)NCCc1ccc(Oc2ccc3nc(COc4ccc(CC5SC(=O)NC5=O)cc4)n(C)c3c2)cc1. The van der Waals surface area contributed by atoms with E-state index in [2.05, 4.69) is 61.8 Å². The van der Waals surface area contributed by atoms with Crippen LogP contribution in [0.1, 0.15) is 67.6 Å². The van der Waals surface area contributed by atoms with Crippen LogP contribution in [0.2, 0.25) is 0 Å². The molecule has 4 amide bonds. The number of hydrogen-bond donors (Lipinski definition) is 3. The van der Waals surface area contributed by atoms with E-state index >= 15 is 0 Å². The molecule has 6 rings (SSSR count). The number of imidazole rings is 1. The summed E-state index contributed by atoms with van der Waals surface area (Å²) in [4.78, 5) is 40.9. The van der Waals surface area contributed by atoms with Gasteiger partial charge in [0.25, 0.3) is 5.24 Å². The lowest BCUT2D eigenvalue weighted by Crippen LogP contribution is -2.31. The maximum Gasteiger partial charge on any atom is 0.319 e. The summed E-state index contributed by atoms with van der Waals surface area (Å²) in [6.07, 6.45) is 1.17. The molecule has 0 bridgehead atoms. The molecule has 1 aliphatic heterocycles. The van der Waals surface area contributed by atoms with E-state index in [-0.39, 0.29) is 23.8 Å². The third-order valence-corrected chi connectivity index (χ3v) is 9.88. The zero-order chi connectivity index (χ0) is 36.1. The summed E-state index contributed by atoms with van der Waals surface area (Å²) < 4.78 is 14.2. The molecule has 10 nitrogen and oxygen atoms in total. The molecule has 51 heavy (non-hydrogen) atoms. The van der Waals surface area contributed by atoms with Gasteiger partial charge in [-0.2, -0.15) is 0 Å². The zero-order valence-electron chi connectivity index (χ0n) is 29.5. The minimum atomic E-state index is -0.399. The fourth-order valence-corrected chi connectivity index (χ4v) is 6.92. The Labute approximate surface area is 302 Å². The second kappa shape index (κ2) is 15.7. The van der Waals surface area contributed by atoms with Crippen molar-refractivity contribution >= 4 is 45.7 Å². The van der Waals surface area contributed by atoms with Crippen LogP contribution < -0.4 is 25.4 Å². The largest absolute Gasteiger partial charge is 0.486 e. The summed E-state index contributed by atoms with van der Waals surface area (Å²) in [5.74, 6) is 3.21. The van der Waals surface area contributed by atoms with Crippen LogP contribution in [0.4, 0.5) is 15.3 Å². The number of fused-ring (bicyclic) bond motifs is 1. The number of nitrogens with one attached hydrogen (secondary N) is 3. The van der Waals surface area contributed by atoms with E-state index in [9.17, 15) is 14.4 Å². The highest BCUT2D eigenvalue weighted by atomic mass is 32.2. The number of aryl methyl sites for hydroxylation is 1. The number of aromatic nitrogens is 2. The topological polar surface area (TPSA) is 124 Å². The van der Waals surface area contributed by atoms with Crippen molar-refractivity contribution in [1.82, 2.24) is 20.2 Å². The summed E-state index contributed by atoms with van der Waals surface area (Å²) in [5.41, 5.74) is 6.98. The average molecular weight is 706 g/mol. The first-order chi connectivity index (χ1) is 24.5. The first kappa shape index (κ1) is 35.5. The summed E-state index contributed by atoms with van der Waals surface area (Å²) in [7, 11) is 1.95. The number of urea groups is 1. The molecule has 264 valence electrons. The highest BCUT2D eigenvalue weighted by Gasteiger charge is 2.31. The van der Waals surface area contributed by atoms with Crippen LogP contribution in [0.3, 0.4) is 0 Å². The third kappa shape index (κ3) is 8.72. The number of amides is 4. The normalized spacial score (nSPS) is 14.3. The number of benzene rings is 4. The fourth-order valence-electron chi connectivity index (χ4n) is 6.06. The molecule has 0 radical (unpaired) electrons. The van der Waals surface area contributed by atoms with E-state index in [0.29, 0.717) is 48.5 Å². The smallest absolute Gasteiger partial charge is 0.319 e. The highest BCUT2D eigenvalue weighted by Crippen LogP contribution is 2.32. The van der Waals surface area contributed by atoms with Crippen molar-refractivity contribution in [1.29, 1.82) is 0 Å². The maximum atomic E-state index is 12.8. The number of para-hydroxylation sites is 1. The van der Waals surface area contributed by atoms with Crippen LogP contribution in [0.15, 0.2) is 84.9 Å². The van der Waals surface area contributed by atoms with Crippen molar-refractivity contribution in [2.24, 2.45) is 7.05 Å². The predicted octanol–water partition coefficient (Wildman–Crippen LogP) is 8.45. The Morgan fingerprint density at radius 1 is 0.882 bits per heavy atom. The molecule has 2 heterocycles. The number of thioether (sulfide) groups is 1. The predicted molar refractivity (Wildman–Crippen MR) is 202 cm³/mol. The van der Waals surface area contributed by atoms with Gasteiger partial charge in [-0.25, -0.2) is 9.78 Å². The molecule has 1 aliphatic rings. The molecule has 0 spiro atoms. The van der Waals surface area contributed by atoms with Crippen molar-refractivity contribution in [3.05, 3.63) is 113 Å². The summed E-state index contributed by atoms with van der Waals surface area (Å²) >= 11 is 1.03. The second-order valence-electron chi connectivity index (χ2n) is 13.3. The first-order valence-corrected chi connectivity index (χ1v) is 18.0. The van der Waals surface area contributed by atoms with Gasteiger partial charge in [-0.15, -0.1) is 0 Å². The van der Waals surface area contributed by atoms with E-state index < -0.39 is 5.25 Å². The van der Waals surface area contributed by atoms with Gasteiger partial charge in [0, 0.05) is 25.3 Å². The van der Waals surface area contributed by atoms with Gasteiger partial charge in [0.15, 0.2) is 0 Å². The number of hydrogen-bond acceptors (Lipinski definition) is 7. The molecule has 1 aromatic heterocycles. The van der Waals surface area contributed by atoms with Crippen molar-refractivity contribution in [2.75, 3.05) is 11.9 Å². The van der Waals surface area contributed by atoms with Crippen LogP contribution >= 0.6 is 11.8 Å². The van der Waals surface area contributed by atoms with E-state index in [0.717, 1.165) is 56.6 Å². The van der Waals surface area contributed by atoms with Crippen molar-refractivity contribution in [3.63, 3.8) is 0 Å². The number of nitrogens with zero attached hydrogens (tertiary/aromatic N) is 2. The molecule has 11 heteroatoms. The fraction of sp³-hybridized carbons (Fsp3) is 0.300. The van der Waals surface area contributed by atoms with E-state index in [1.165, 1.54) is 0 Å². The Hall–Kier alpha value is -5.29. The van der Waals surface area contributed by atoms with Crippen LogP contribution in [-0.2, 0) is 31.3 Å². The van der Waals surface area contributed by atoms with Crippen molar-refractivity contribution in [2.45, 2.75) is 64.2 Å². The molecule has 1 atom stereocenters. The maximum absolute atomic E-state index is 12.8. The number of ether oxygens (including phenoxy) is 2. The molecular weight excluding hydrogens is 663 g/mol. The van der Waals surface area contributed by atoms with Crippen LogP contribution in [0.25, 0.3) is 11.0 Å². The molecule has 5 aromatic rings. The molecule has 1 saturated heterocycles. The molecule has 0 aliphatic carbocycles. The molecule has 1 unspecified atom stereocenters. The number of carbonyl (C=O) groups is 3. The van der Waals surface area contributed by atoms with Gasteiger partial charge in [0.05, 0.1) is 16.3 Å². The number of rotatable bonds is 13. The number of imide groups is 1. The standard InChI is InChI=1S/C40H43N5O5S/c1-24(2)31-7-6-8-32(25(3)4)37(31)43-39(47)41-20-19-26-9-15-29(16-10-26)50-30-17-18-33-34(22-30)45(5)36(42-33)23-49-28-13-11-27(12-14-28)21-35-38(46)44-40(48)51-35/h6-18,22,24-25,35H,19-21,23H2,1-5H3,(H2,41,43,47)(H,44,46,48). The van der Waals surface area contributed by atoms with Crippen LogP contribution in [0, 0.1) is 0 Å². The molecule has 3 N–H and O–H groups in total. The van der Waals surface area contributed by atoms with Crippen LogP contribution in [-0.4, -0.2) is 38.5 Å². The lowest BCUT2D eigenvalue weighted by atomic mass is 9.93. The van der Waals surface area contributed by atoms with Gasteiger partial charge in [-0.3, -0.25) is 14.9 Å². The first-order valence-electron chi connectivity index (χ1n) is 17.2. The summed E-state index contributed by atoms with van der Waals surface area (Å²) in [5, 5.41) is 7.74. The molecular formula is C40H43N5O5S. The van der Waals surface area contributed by atoms with Gasteiger partial charge in [0.2, 0.25) is 5.91 Å². The Balaban J connectivity index is 0.996. The average Bonchev–Trinajstić information content (AvgIpc) is 3.60. The van der Waals surface area contributed by atoms with Crippen molar-refractivity contribution in [3.8, 4) is 17.2 Å². The lowest BCUT2D eigenvalue weighted by Gasteiger charge is -2.20. The molecule has 4 aromatic carbocycles. The minimum Gasteiger partial charge on any atom is -0.486 e. The van der Waals surface area contributed by atoms with Gasteiger partial charge in [-0.05, 0) is 83.3 Å². The molecule has 0 saturated carbocycles. The summed E-state index contributed by atoms with van der Waals surface area (Å²) in [6, 6.07) is 27.2. The second-order valence-corrected chi connectivity index (χ2v) is 14.4. The van der Waals surface area contributed by atoms with E-state index in [4.69, 9.17) is 14.5 Å². The Morgan fingerprint density at radius 2 is 1.53 bits per heavy atom. The summed E-state index contributed by atoms with van der Waals surface area (Å²) in [6.45, 7) is 9.33. The van der Waals surface area contributed by atoms with Crippen molar-refractivity contribution < 1.29 is 23.9 Å². The van der Waals surface area contributed by atoms with Gasteiger partial charge in [0.1, 0.15) is 29.7 Å². The van der Waals surface area contributed by atoms with Gasteiger partial charge >= 0.3 is 6.03 Å². The Kier molecular flexibility index (Phi) is 11.0. The van der Waals surface area contributed by atoms with Crippen LogP contribution in [0.5, 0.6) is 17.2 Å². The quantitative estimate of drug-likeness (QED) is 0.112. The number of carbonyl (C=O) groups excluding carboxylic acids is 3. The van der Waals surface area contributed by atoms with Gasteiger partial charge < -0.3 is 24.7 Å². The highest BCUT2D eigenvalue weighted by molar-refractivity contribution is 8.15. The van der Waals surface area contributed by atoms with E-state index in [1.54, 1.807) is 0 Å². The minimum absolute atomic E-state index is 0.203. The van der Waals surface area contributed by atoms with E-state index in [1.807, 2.05) is 78.3 Å². The third-order valence-electron chi connectivity index (χ3n) is 8.89. The Bertz CT molecular complexity index is 2010. The zero-order valence-corrected chi connectivity index (χ0v) is 30.3. The Morgan fingerprint density at radius 3 is 2.18 bits per heavy atom. The molecule has 1 fully saturated rings.